The van der Waals surface area contributed by atoms with E-state index in [-0.39, 0.29) is 5.82 Å². The molecule has 0 unspecified atom stereocenters. The van der Waals surface area contributed by atoms with Gasteiger partial charge in [0.2, 0.25) is 0 Å². The van der Waals surface area contributed by atoms with Gasteiger partial charge in [-0.25, -0.2) is 4.39 Å². The van der Waals surface area contributed by atoms with Crippen LogP contribution in [-0.2, 0) is 0 Å². The molecule has 1 aliphatic rings. The van der Waals surface area contributed by atoms with Gasteiger partial charge in [-0.05, 0) is 12.1 Å². The van der Waals surface area contributed by atoms with E-state index in [1.807, 2.05) is 12.1 Å². The Morgan fingerprint density at radius 2 is 2.10 bits per heavy atom. The van der Waals surface area contributed by atoms with Crippen LogP contribution < -0.4 is 10.3 Å². The first kappa shape index (κ1) is 11.6. The van der Waals surface area contributed by atoms with Gasteiger partial charge in [0, 0.05) is 37.8 Å². The van der Waals surface area contributed by atoms with Gasteiger partial charge in [-0.1, -0.05) is 6.07 Å². The van der Waals surface area contributed by atoms with E-state index in [0.29, 0.717) is 5.52 Å². The third kappa shape index (κ3) is 1.65. The highest BCUT2D eigenvalue weighted by molar-refractivity contribution is 6.03. The van der Waals surface area contributed by atoms with E-state index in [1.165, 1.54) is 6.07 Å². The van der Waals surface area contributed by atoms with Gasteiger partial charge in [0.1, 0.15) is 5.52 Å². The van der Waals surface area contributed by atoms with Crippen LogP contribution in [0.25, 0.3) is 21.8 Å². The molecule has 0 bridgehead atoms. The molecule has 0 radical (unpaired) electrons. The highest BCUT2D eigenvalue weighted by Crippen LogP contribution is 2.26. The molecule has 0 aliphatic carbocycles. The van der Waals surface area contributed by atoms with Crippen LogP contribution in [-0.4, -0.2) is 41.1 Å². The molecule has 4 rings (SSSR count). The average Bonchev–Trinajstić information content (AvgIpc) is 2.94. The average molecular weight is 271 g/mol. The number of pyridine rings is 1. The lowest BCUT2D eigenvalue weighted by Crippen LogP contribution is -2.49. The number of hydrogen-bond acceptors (Lipinski definition) is 4. The van der Waals surface area contributed by atoms with Crippen LogP contribution in [0.2, 0.25) is 0 Å². The summed E-state index contributed by atoms with van der Waals surface area (Å²) in [6.45, 7) is 3.40. The van der Waals surface area contributed by atoms with Crippen molar-refractivity contribution in [2.45, 2.75) is 0 Å². The fourth-order valence-electron chi connectivity index (χ4n) is 2.76. The van der Waals surface area contributed by atoms with Crippen LogP contribution in [0, 0.1) is 5.82 Å². The van der Waals surface area contributed by atoms with Gasteiger partial charge >= 0.3 is 0 Å². The molecule has 0 saturated carbocycles. The van der Waals surface area contributed by atoms with Crippen LogP contribution in [0.4, 0.5) is 4.39 Å². The molecule has 1 fully saturated rings. The van der Waals surface area contributed by atoms with Crippen LogP contribution in [0.5, 0.6) is 0 Å². The molecule has 1 aromatic carbocycles. The van der Waals surface area contributed by atoms with Crippen LogP contribution >= 0.6 is 0 Å². The number of benzene rings is 1. The minimum absolute atomic E-state index is 0.253. The summed E-state index contributed by atoms with van der Waals surface area (Å²) in [6, 6.07) is 5.21. The second-order valence-electron chi connectivity index (χ2n) is 4.93. The number of nitrogens with zero attached hydrogens (tertiary/aromatic N) is 4. The van der Waals surface area contributed by atoms with Crippen molar-refractivity contribution < 1.29 is 4.39 Å². The Balaban J connectivity index is 1.97. The second kappa shape index (κ2) is 4.42. The molecule has 5 nitrogen and oxygen atoms in total. The number of nitrogens with one attached hydrogen (secondary N) is 1. The fourth-order valence-corrected chi connectivity index (χ4v) is 2.76. The van der Waals surface area contributed by atoms with Crippen molar-refractivity contribution in [3.8, 4) is 0 Å². The zero-order chi connectivity index (χ0) is 13.5. The lowest BCUT2D eigenvalue weighted by molar-refractivity contribution is 0.465. The number of halogens is 1. The van der Waals surface area contributed by atoms with Gasteiger partial charge in [0.25, 0.3) is 0 Å². The highest BCUT2D eigenvalue weighted by Gasteiger charge is 2.18. The van der Waals surface area contributed by atoms with Crippen molar-refractivity contribution in [2.24, 2.45) is 0 Å². The molecule has 1 aliphatic heterocycles. The number of fused-ring (bicyclic) bond motifs is 3. The normalized spacial score (nSPS) is 16.1. The zero-order valence-corrected chi connectivity index (χ0v) is 10.9. The highest BCUT2D eigenvalue weighted by atomic mass is 19.1. The maximum Gasteiger partial charge on any atom is 0.152 e. The Bertz CT molecular complexity index is 776. The van der Waals surface area contributed by atoms with Gasteiger partial charge < -0.3 is 5.32 Å². The van der Waals surface area contributed by atoms with Crippen LogP contribution in [0.3, 0.4) is 0 Å². The predicted molar refractivity (Wildman–Crippen MR) is 75.8 cm³/mol. The zero-order valence-electron chi connectivity index (χ0n) is 10.9. The minimum atomic E-state index is -0.253. The van der Waals surface area contributed by atoms with Crippen molar-refractivity contribution in [1.82, 2.24) is 20.2 Å². The SMILES string of the molecule is Fc1cc2cccnc2c2cnn(N3CCNCC3)c12. The Morgan fingerprint density at radius 1 is 1.25 bits per heavy atom. The van der Waals surface area contributed by atoms with E-state index in [4.69, 9.17) is 0 Å². The molecule has 102 valence electrons. The van der Waals surface area contributed by atoms with Crippen molar-refractivity contribution >= 4 is 21.8 Å². The van der Waals surface area contributed by atoms with Gasteiger partial charge in [-0.3, -0.25) is 9.99 Å². The van der Waals surface area contributed by atoms with Gasteiger partial charge in [-0.2, -0.15) is 9.89 Å². The molecule has 6 heteroatoms. The van der Waals surface area contributed by atoms with Crippen LogP contribution in [0.1, 0.15) is 0 Å². The first-order chi connectivity index (χ1) is 9.84. The van der Waals surface area contributed by atoms with Gasteiger partial charge in [0.05, 0.1) is 17.1 Å². The molecule has 1 N–H and O–H groups in total. The first-order valence-corrected chi connectivity index (χ1v) is 6.71. The molecular formula is C14H14FN5. The predicted octanol–water partition coefficient (Wildman–Crippen LogP) is 1.26. The lowest BCUT2D eigenvalue weighted by Gasteiger charge is -2.29. The maximum absolute atomic E-state index is 14.4. The number of hydrogen-bond donors (Lipinski definition) is 1. The van der Waals surface area contributed by atoms with Crippen LogP contribution in [0.15, 0.2) is 30.6 Å². The summed E-state index contributed by atoms with van der Waals surface area (Å²) in [5, 5.41) is 11.3. The second-order valence-corrected chi connectivity index (χ2v) is 4.93. The van der Waals surface area contributed by atoms with E-state index in [9.17, 15) is 4.39 Å². The molecular weight excluding hydrogens is 257 g/mol. The maximum atomic E-state index is 14.4. The standard InChI is InChI=1S/C14H14FN5/c15-12-8-10-2-1-3-17-13(10)11-9-18-20(14(11)12)19-6-4-16-5-7-19/h1-3,8-9,16H,4-7H2. The Labute approximate surface area is 115 Å². The molecule has 3 aromatic rings. The quantitative estimate of drug-likeness (QED) is 0.724. The van der Waals surface area contributed by atoms with Crippen molar-refractivity contribution in [3.05, 3.63) is 36.4 Å². The molecule has 2 aromatic heterocycles. The smallest absolute Gasteiger partial charge is 0.152 e. The summed E-state index contributed by atoms with van der Waals surface area (Å²) in [6.07, 6.45) is 3.43. The number of piperazine rings is 1. The molecule has 1 saturated heterocycles. The monoisotopic (exact) mass is 271 g/mol. The number of aromatic nitrogens is 3. The fraction of sp³-hybridized carbons (Fsp3) is 0.286. The van der Waals surface area contributed by atoms with E-state index in [0.717, 1.165) is 42.5 Å². The summed E-state index contributed by atoms with van der Waals surface area (Å²) in [4.78, 5) is 6.04. The Hall–Kier alpha value is -2.21. The molecule has 0 amide bonds. The largest absolute Gasteiger partial charge is 0.313 e. The third-order valence-corrected chi connectivity index (χ3v) is 3.72. The Morgan fingerprint density at radius 3 is 2.95 bits per heavy atom. The van der Waals surface area contributed by atoms with E-state index in [2.05, 4.69) is 20.4 Å². The summed E-state index contributed by atoms with van der Waals surface area (Å²) in [7, 11) is 0. The van der Waals surface area contributed by atoms with Crippen molar-refractivity contribution in [3.63, 3.8) is 0 Å². The summed E-state index contributed by atoms with van der Waals surface area (Å²) in [5.74, 6) is -0.253. The van der Waals surface area contributed by atoms with Crippen molar-refractivity contribution in [1.29, 1.82) is 0 Å². The summed E-state index contributed by atoms with van der Waals surface area (Å²) >= 11 is 0. The van der Waals surface area contributed by atoms with E-state index in [1.54, 1.807) is 17.2 Å². The molecule has 3 heterocycles. The molecule has 0 atom stereocenters. The molecule has 0 spiro atoms. The summed E-state index contributed by atoms with van der Waals surface area (Å²) in [5.41, 5.74) is 1.31. The minimum Gasteiger partial charge on any atom is -0.313 e. The van der Waals surface area contributed by atoms with E-state index >= 15 is 0 Å². The van der Waals surface area contributed by atoms with Crippen molar-refractivity contribution in [2.75, 3.05) is 31.2 Å². The topological polar surface area (TPSA) is 46.0 Å². The third-order valence-electron chi connectivity index (χ3n) is 3.72. The van der Waals surface area contributed by atoms with E-state index < -0.39 is 0 Å². The molecule has 20 heavy (non-hydrogen) atoms. The van der Waals surface area contributed by atoms with Gasteiger partial charge in [0.15, 0.2) is 5.82 Å². The first-order valence-electron chi connectivity index (χ1n) is 6.71. The lowest BCUT2D eigenvalue weighted by atomic mass is 10.1. The Kier molecular flexibility index (Phi) is 2.56. The summed E-state index contributed by atoms with van der Waals surface area (Å²) < 4.78 is 14.4. The van der Waals surface area contributed by atoms with Gasteiger partial charge in [-0.15, -0.1) is 0 Å². The number of rotatable bonds is 1.